The first-order valence-corrected chi connectivity index (χ1v) is 5.02. The number of nitrogens with two attached hydrogens (primary N) is 2. The molecule has 0 radical (unpaired) electrons. The zero-order chi connectivity index (χ0) is 11.9. The Morgan fingerprint density at radius 3 is 2.67 bits per heavy atom. The second-order valence-corrected chi connectivity index (χ2v) is 3.93. The van der Waals surface area contributed by atoms with Gasteiger partial charge in [0.05, 0.1) is 6.17 Å². The van der Waals surface area contributed by atoms with Gasteiger partial charge in [-0.1, -0.05) is 12.2 Å². The maximum Gasteiger partial charge on any atom is 0.323 e. The van der Waals surface area contributed by atoms with Gasteiger partial charge in [0.15, 0.2) is 0 Å². The van der Waals surface area contributed by atoms with Gasteiger partial charge in [-0.15, -0.1) is 0 Å². The second-order valence-electron chi connectivity index (χ2n) is 3.93. The zero-order valence-electron chi connectivity index (χ0n) is 9.36. The third-order valence-electron chi connectivity index (χ3n) is 1.97. The molecule has 0 amide bonds. The van der Waals surface area contributed by atoms with Crippen molar-refractivity contribution in [2.45, 2.75) is 38.4 Å². The predicted molar refractivity (Wildman–Crippen MR) is 60.3 cm³/mol. The molecule has 0 aliphatic carbocycles. The fraction of sp³-hybridized carbons (Fsp3) is 0.700. The summed E-state index contributed by atoms with van der Waals surface area (Å²) in [7, 11) is 0. The van der Waals surface area contributed by atoms with Crippen LogP contribution in [0.25, 0.3) is 0 Å². The molecule has 0 saturated heterocycles. The quantitative estimate of drug-likeness (QED) is 0.272. The summed E-state index contributed by atoms with van der Waals surface area (Å²) in [6.07, 6.45) is 4.83. The van der Waals surface area contributed by atoms with E-state index >= 15 is 0 Å². The van der Waals surface area contributed by atoms with Crippen LogP contribution in [0.15, 0.2) is 12.2 Å². The Kier molecular flexibility index (Phi) is 6.15. The van der Waals surface area contributed by atoms with Crippen molar-refractivity contribution in [3.63, 3.8) is 0 Å². The molecule has 0 rings (SSSR count). The van der Waals surface area contributed by atoms with Gasteiger partial charge in [-0.3, -0.25) is 4.79 Å². The van der Waals surface area contributed by atoms with Crippen molar-refractivity contribution in [3.8, 4) is 0 Å². The molecule has 15 heavy (non-hydrogen) atoms. The van der Waals surface area contributed by atoms with Gasteiger partial charge < -0.3 is 21.9 Å². The normalized spacial score (nSPS) is 17.6. The minimum atomic E-state index is -1.18. The molecule has 0 heterocycles. The predicted octanol–water partition coefficient (Wildman–Crippen LogP) is 0.0191. The van der Waals surface area contributed by atoms with E-state index in [1.807, 2.05) is 13.0 Å². The average Bonchev–Trinajstić information content (AvgIpc) is 2.10. The topological polar surface area (TPSA) is 101 Å². The molecule has 0 spiro atoms. The van der Waals surface area contributed by atoms with Gasteiger partial charge in [0.2, 0.25) is 0 Å². The highest BCUT2D eigenvalue weighted by molar-refractivity contribution is 5.78. The smallest absolute Gasteiger partial charge is 0.323 e. The molecule has 2 unspecified atom stereocenters. The molecule has 2 atom stereocenters. The van der Waals surface area contributed by atoms with E-state index in [0.29, 0.717) is 6.42 Å². The van der Waals surface area contributed by atoms with Gasteiger partial charge in [0, 0.05) is 6.54 Å². The first-order chi connectivity index (χ1) is 6.86. The standard InChI is InChI=1S/C10H21N3O2/c1-8(11)13-7-5-3-4-6-10(2,12)9(14)15/h3-4,8,13H,5-7,11-12H2,1-2H3,(H,14,15)/b4-3-. The minimum Gasteiger partial charge on any atom is -0.480 e. The third kappa shape index (κ3) is 7.07. The summed E-state index contributed by atoms with van der Waals surface area (Å²) in [5.74, 6) is -0.985. The first kappa shape index (κ1) is 14.1. The van der Waals surface area contributed by atoms with E-state index in [4.69, 9.17) is 16.6 Å². The lowest BCUT2D eigenvalue weighted by Crippen LogP contribution is -2.44. The number of nitrogens with one attached hydrogen (secondary N) is 1. The second kappa shape index (κ2) is 6.55. The molecule has 0 aromatic heterocycles. The number of carboxylic acid groups (broad SMARTS) is 1. The summed E-state index contributed by atoms with van der Waals surface area (Å²) in [6, 6.07) is 0. The van der Waals surface area contributed by atoms with Crippen molar-refractivity contribution >= 4 is 5.97 Å². The molecule has 0 aromatic rings. The van der Waals surface area contributed by atoms with Crippen LogP contribution in [0.4, 0.5) is 0 Å². The van der Waals surface area contributed by atoms with E-state index in [1.165, 1.54) is 6.92 Å². The lowest BCUT2D eigenvalue weighted by atomic mass is 9.99. The third-order valence-corrected chi connectivity index (χ3v) is 1.97. The van der Waals surface area contributed by atoms with Crippen LogP contribution in [0.3, 0.4) is 0 Å². The molecule has 0 fully saturated rings. The summed E-state index contributed by atoms with van der Waals surface area (Å²) < 4.78 is 0. The van der Waals surface area contributed by atoms with Crippen LogP contribution >= 0.6 is 0 Å². The van der Waals surface area contributed by atoms with Crippen LogP contribution in [-0.4, -0.2) is 29.3 Å². The van der Waals surface area contributed by atoms with Crippen molar-refractivity contribution in [2.24, 2.45) is 11.5 Å². The van der Waals surface area contributed by atoms with Gasteiger partial charge in [-0.2, -0.15) is 0 Å². The Balaban J connectivity index is 3.67. The van der Waals surface area contributed by atoms with Crippen molar-refractivity contribution in [2.75, 3.05) is 6.54 Å². The van der Waals surface area contributed by atoms with E-state index in [0.717, 1.165) is 13.0 Å². The molecule has 0 aromatic carbocycles. The summed E-state index contributed by atoms with van der Waals surface area (Å²) in [6.45, 7) is 4.15. The first-order valence-electron chi connectivity index (χ1n) is 5.02. The van der Waals surface area contributed by atoms with Gasteiger partial charge in [0.1, 0.15) is 5.54 Å². The Hall–Kier alpha value is -0.910. The number of carbonyl (C=O) groups is 1. The Morgan fingerprint density at radius 2 is 2.20 bits per heavy atom. The van der Waals surface area contributed by atoms with E-state index in [-0.39, 0.29) is 6.17 Å². The van der Waals surface area contributed by atoms with Crippen LogP contribution in [-0.2, 0) is 4.79 Å². The number of aliphatic carboxylic acids is 1. The van der Waals surface area contributed by atoms with Crippen molar-refractivity contribution in [1.82, 2.24) is 5.32 Å². The average molecular weight is 215 g/mol. The maximum atomic E-state index is 10.6. The fourth-order valence-electron chi connectivity index (χ4n) is 0.928. The Morgan fingerprint density at radius 1 is 1.60 bits per heavy atom. The monoisotopic (exact) mass is 215 g/mol. The van der Waals surface area contributed by atoms with Gasteiger partial charge in [-0.05, 0) is 26.7 Å². The number of carboxylic acids is 1. The summed E-state index contributed by atoms with van der Waals surface area (Å²) >= 11 is 0. The molecule has 0 aliphatic heterocycles. The maximum absolute atomic E-state index is 10.6. The van der Waals surface area contributed by atoms with Crippen LogP contribution in [0, 0.1) is 0 Å². The van der Waals surface area contributed by atoms with Crippen molar-refractivity contribution in [1.29, 1.82) is 0 Å². The van der Waals surface area contributed by atoms with Gasteiger partial charge >= 0.3 is 5.97 Å². The molecule has 0 saturated carbocycles. The van der Waals surface area contributed by atoms with E-state index in [2.05, 4.69) is 5.32 Å². The zero-order valence-corrected chi connectivity index (χ0v) is 9.36. The summed E-state index contributed by atoms with van der Waals surface area (Å²) in [4.78, 5) is 10.6. The Bertz CT molecular complexity index is 225. The fourth-order valence-corrected chi connectivity index (χ4v) is 0.928. The van der Waals surface area contributed by atoms with Gasteiger partial charge in [0.25, 0.3) is 0 Å². The number of rotatable bonds is 7. The summed E-state index contributed by atoms with van der Waals surface area (Å²) in [5.41, 5.74) is 9.84. The van der Waals surface area contributed by atoms with E-state index < -0.39 is 11.5 Å². The highest BCUT2D eigenvalue weighted by Crippen LogP contribution is 2.06. The van der Waals surface area contributed by atoms with Crippen molar-refractivity contribution in [3.05, 3.63) is 12.2 Å². The van der Waals surface area contributed by atoms with Crippen LogP contribution < -0.4 is 16.8 Å². The molecule has 0 bridgehead atoms. The highest BCUT2D eigenvalue weighted by Gasteiger charge is 2.25. The van der Waals surface area contributed by atoms with Gasteiger partial charge in [-0.25, -0.2) is 0 Å². The lowest BCUT2D eigenvalue weighted by Gasteiger charge is -2.16. The molecule has 88 valence electrons. The van der Waals surface area contributed by atoms with E-state index in [9.17, 15) is 4.79 Å². The number of hydrogen-bond donors (Lipinski definition) is 4. The highest BCUT2D eigenvalue weighted by atomic mass is 16.4. The molecule has 0 aliphatic rings. The van der Waals surface area contributed by atoms with Crippen LogP contribution in [0.2, 0.25) is 0 Å². The van der Waals surface area contributed by atoms with E-state index in [1.54, 1.807) is 6.08 Å². The van der Waals surface area contributed by atoms with Crippen LogP contribution in [0.5, 0.6) is 0 Å². The molecular weight excluding hydrogens is 194 g/mol. The molecule has 5 nitrogen and oxygen atoms in total. The summed E-state index contributed by atoms with van der Waals surface area (Å²) in [5, 5.41) is 11.8. The SMILES string of the molecule is CC(N)NCC/C=C\CC(C)(N)C(=O)O. The lowest BCUT2D eigenvalue weighted by molar-refractivity contribution is -0.142. The molecule has 6 N–H and O–H groups in total. The Labute approximate surface area is 90.5 Å². The molecular formula is C10H21N3O2. The van der Waals surface area contributed by atoms with Crippen molar-refractivity contribution < 1.29 is 9.90 Å². The number of hydrogen-bond acceptors (Lipinski definition) is 4. The molecule has 5 heteroatoms. The van der Waals surface area contributed by atoms with Crippen LogP contribution in [0.1, 0.15) is 26.7 Å². The minimum absolute atomic E-state index is 0.0165. The largest absolute Gasteiger partial charge is 0.480 e.